The first-order chi connectivity index (χ1) is 9.15. The van der Waals surface area contributed by atoms with Crippen molar-refractivity contribution in [1.82, 2.24) is 15.5 Å². The third kappa shape index (κ3) is 6.20. The second-order valence-corrected chi connectivity index (χ2v) is 5.29. The largest absolute Gasteiger partial charge is 0.465 e. The molecule has 0 aliphatic rings. The Bertz CT molecular complexity index is 450. The van der Waals surface area contributed by atoms with Crippen LogP contribution in [0.4, 0.5) is 9.93 Å². The summed E-state index contributed by atoms with van der Waals surface area (Å²) in [6.45, 7) is 5.96. The molecule has 1 aromatic rings. The molecule has 0 aliphatic heterocycles. The highest BCUT2D eigenvalue weighted by Crippen LogP contribution is 2.25. The Morgan fingerprint density at radius 2 is 2.32 bits per heavy atom. The molecule has 0 radical (unpaired) electrons. The zero-order valence-corrected chi connectivity index (χ0v) is 12.0. The van der Waals surface area contributed by atoms with Crippen molar-refractivity contribution in [3.05, 3.63) is 12.7 Å². The number of thioether (sulfide) groups is 1. The van der Waals surface area contributed by atoms with E-state index in [4.69, 9.17) is 4.74 Å². The minimum absolute atomic E-state index is 0.172. The number of aromatic nitrogens is 2. The molecule has 19 heavy (non-hydrogen) atoms. The van der Waals surface area contributed by atoms with Crippen LogP contribution in [0.5, 0.6) is 0 Å². The van der Waals surface area contributed by atoms with Gasteiger partial charge >= 0.3 is 12.0 Å². The predicted octanol–water partition coefficient (Wildman–Crippen LogP) is 1.50. The van der Waals surface area contributed by atoms with Crippen molar-refractivity contribution in [3.8, 4) is 0 Å². The fraction of sp³-hybridized carbons (Fsp3) is 0.400. The minimum Gasteiger partial charge on any atom is -0.465 e. The quantitative estimate of drug-likeness (QED) is 0.343. The molecule has 1 heterocycles. The number of esters is 1. The maximum Gasteiger partial charge on any atom is 0.321 e. The third-order valence-corrected chi connectivity index (χ3v) is 3.60. The van der Waals surface area contributed by atoms with Crippen LogP contribution >= 0.6 is 23.1 Å². The third-order valence-electron chi connectivity index (χ3n) is 1.65. The highest BCUT2D eigenvalue weighted by Gasteiger charge is 2.10. The molecular weight excluding hydrogens is 288 g/mol. The first-order valence-electron chi connectivity index (χ1n) is 5.43. The maximum atomic E-state index is 11.3. The topological polar surface area (TPSA) is 93.2 Å². The summed E-state index contributed by atoms with van der Waals surface area (Å²) in [6.07, 6.45) is 1.57. The van der Waals surface area contributed by atoms with Gasteiger partial charge in [-0.15, -0.1) is 16.8 Å². The van der Waals surface area contributed by atoms with Gasteiger partial charge in [0, 0.05) is 6.54 Å². The summed E-state index contributed by atoms with van der Waals surface area (Å²) in [5, 5.41) is 13.1. The number of carbonyl (C=O) groups excluding carboxylic acids is 2. The van der Waals surface area contributed by atoms with E-state index in [9.17, 15) is 9.59 Å². The van der Waals surface area contributed by atoms with Crippen LogP contribution in [-0.2, 0) is 9.53 Å². The van der Waals surface area contributed by atoms with Gasteiger partial charge in [-0.3, -0.25) is 10.1 Å². The Kier molecular flexibility index (Phi) is 6.90. The van der Waals surface area contributed by atoms with Gasteiger partial charge in [0.25, 0.3) is 0 Å². The number of anilines is 1. The Labute approximate surface area is 118 Å². The Balaban J connectivity index is 2.37. The van der Waals surface area contributed by atoms with Gasteiger partial charge < -0.3 is 10.1 Å². The van der Waals surface area contributed by atoms with Gasteiger partial charge in [-0.25, -0.2) is 4.79 Å². The number of ether oxygens (including phenoxy) is 1. The van der Waals surface area contributed by atoms with E-state index in [1.54, 1.807) is 13.0 Å². The number of amides is 2. The molecule has 104 valence electrons. The molecule has 0 saturated heterocycles. The molecule has 0 fully saturated rings. The highest BCUT2D eigenvalue weighted by molar-refractivity contribution is 8.01. The van der Waals surface area contributed by atoms with Crippen LogP contribution in [0.2, 0.25) is 0 Å². The number of nitrogens with one attached hydrogen (secondary N) is 2. The molecule has 1 aromatic heterocycles. The lowest BCUT2D eigenvalue weighted by Crippen LogP contribution is -2.28. The van der Waals surface area contributed by atoms with Crippen molar-refractivity contribution in [2.24, 2.45) is 0 Å². The van der Waals surface area contributed by atoms with E-state index in [2.05, 4.69) is 27.4 Å². The van der Waals surface area contributed by atoms with Crippen molar-refractivity contribution in [2.45, 2.75) is 11.3 Å². The fourth-order valence-corrected chi connectivity index (χ4v) is 2.49. The monoisotopic (exact) mass is 302 g/mol. The Hall–Kier alpha value is -1.61. The second kappa shape index (κ2) is 8.48. The van der Waals surface area contributed by atoms with Crippen LogP contribution in [0, 0.1) is 0 Å². The molecule has 0 atom stereocenters. The first-order valence-corrected chi connectivity index (χ1v) is 7.23. The van der Waals surface area contributed by atoms with Crippen LogP contribution < -0.4 is 10.6 Å². The van der Waals surface area contributed by atoms with Gasteiger partial charge in [0.1, 0.15) is 0 Å². The summed E-state index contributed by atoms with van der Waals surface area (Å²) in [7, 11) is 0. The molecule has 2 N–H and O–H groups in total. The van der Waals surface area contributed by atoms with Crippen LogP contribution in [-0.4, -0.2) is 41.1 Å². The molecule has 0 spiro atoms. The summed E-state index contributed by atoms with van der Waals surface area (Å²) in [6, 6.07) is -0.377. The molecule has 0 aromatic carbocycles. The summed E-state index contributed by atoms with van der Waals surface area (Å²) in [5.41, 5.74) is 0. The molecule has 1 rings (SSSR count). The molecular formula is C10H14N4O3S2. The fourth-order valence-electron chi connectivity index (χ4n) is 0.948. The van der Waals surface area contributed by atoms with E-state index in [-0.39, 0.29) is 17.8 Å². The lowest BCUT2D eigenvalue weighted by atomic mass is 10.6. The van der Waals surface area contributed by atoms with Crippen LogP contribution in [0.25, 0.3) is 0 Å². The molecule has 0 unspecified atom stereocenters. The van der Waals surface area contributed by atoms with Gasteiger partial charge in [-0.05, 0) is 6.92 Å². The van der Waals surface area contributed by atoms with E-state index < -0.39 is 0 Å². The van der Waals surface area contributed by atoms with Crippen molar-refractivity contribution >= 4 is 40.2 Å². The Morgan fingerprint density at radius 3 is 3.00 bits per heavy atom. The van der Waals surface area contributed by atoms with Gasteiger partial charge in [-0.2, -0.15) is 0 Å². The number of nitrogens with zero attached hydrogens (tertiary/aromatic N) is 2. The average Bonchev–Trinajstić information content (AvgIpc) is 2.82. The van der Waals surface area contributed by atoms with E-state index in [1.807, 2.05) is 0 Å². The SMILES string of the molecule is C=CCNC(=O)Nc1nnc(SCC(=O)OCC)s1. The van der Waals surface area contributed by atoms with E-state index in [0.29, 0.717) is 22.6 Å². The number of carbonyl (C=O) groups is 2. The minimum atomic E-state index is -0.377. The van der Waals surface area contributed by atoms with Crippen LogP contribution in [0.1, 0.15) is 6.92 Å². The molecule has 0 saturated carbocycles. The van der Waals surface area contributed by atoms with Crippen molar-refractivity contribution in [1.29, 1.82) is 0 Å². The lowest BCUT2D eigenvalue weighted by Gasteiger charge is -2.00. The number of rotatable bonds is 7. The van der Waals surface area contributed by atoms with E-state index >= 15 is 0 Å². The molecule has 0 bridgehead atoms. The van der Waals surface area contributed by atoms with Crippen LogP contribution in [0.3, 0.4) is 0 Å². The van der Waals surface area contributed by atoms with Gasteiger partial charge in [0.05, 0.1) is 12.4 Å². The average molecular weight is 302 g/mol. The molecule has 2 amide bonds. The number of hydrogen-bond acceptors (Lipinski definition) is 7. The Morgan fingerprint density at radius 1 is 1.53 bits per heavy atom. The van der Waals surface area contributed by atoms with Gasteiger partial charge in [-0.1, -0.05) is 29.2 Å². The summed E-state index contributed by atoms with van der Waals surface area (Å²) in [4.78, 5) is 22.5. The number of urea groups is 1. The normalized spacial score (nSPS) is 9.74. The van der Waals surface area contributed by atoms with Gasteiger partial charge in [0.15, 0.2) is 4.34 Å². The number of hydrogen-bond donors (Lipinski definition) is 2. The van der Waals surface area contributed by atoms with Crippen LogP contribution in [0.15, 0.2) is 17.0 Å². The second-order valence-electron chi connectivity index (χ2n) is 3.09. The van der Waals surface area contributed by atoms with E-state index in [0.717, 1.165) is 0 Å². The molecule has 7 nitrogen and oxygen atoms in total. The summed E-state index contributed by atoms with van der Waals surface area (Å²) in [5.74, 6) is -0.133. The van der Waals surface area contributed by atoms with E-state index in [1.165, 1.54) is 23.1 Å². The first kappa shape index (κ1) is 15.4. The smallest absolute Gasteiger partial charge is 0.321 e. The standard InChI is InChI=1S/C10H14N4O3S2/c1-3-5-11-8(16)12-9-13-14-10(19-9)18-6-7(15)17-4-2/h3H,1,4-6H2,2H3,(H2,11,12,13,16). The van der Waals surface area contributed by atoms with Crippen molar-refractivity contribution in [2.75, 3.05) is 24.2 Å². The predicted molar refractivity (Wildman–Crippen MR) is 74.5 cm³/mol. The zero-order valence-electron chi connectivity index (χ0n) is 10.3. The summed E-state index contributed by atoms with van der Waals surface area (Å²) >= 11 is 2.41. The lowest BCUT2D eigenvalue weighted by molar-refractivity contribution is -0.139. The van der Waals surface area contributed by atoms with Gasteiger partial charge in [0.2, 0.25) is 5.13 Å². The molecule has 0 aliphatic carbocycles. The zero-order chi connectivity index (χ0) is 14.1. The molecule has 9 heteroatoms. The maximum absolute atomic E-state index is 11.3. The highest BCUT2D eigenvalue weighted by atomic mass is 32.2. The summed E-state index contributed by atoms with van der Waals surface area (Å²) < 4.78 is 5.38. The van der Waals surface area contributed by atoms with Crippen molar-refractivity contribution < 1.29 is 14.3 Å². The van der Waals surface area contributed by atoms with Crippen molar-refractivity contribution in [3.63, 3.8) is 0 Å².